The molecule has 0 aromatic rings. The Bertz CT molecular complexity index is 399. The Morgan fingerprint density at radius 3 is 2.00 bits per heavy atom. The van der Waals surface area contributed by atoms with Gasteiger partial charge in [0.2, 0.25) is 0 Å². The van der Waals surface area contributed by atoms with Gasteiger partial charge in [0.25, 0.3) is 0 Å². The summed E-state index contributed by atoms with van der Waals surface area (Å²) in [5, 5.41) is 1.75. The van der Waals surface area contributed by atoms with E-state index in [1.165, 1.54) is 51.0 Å². The fourth-order valence-electron chi connectivity index (χ4n) is 5.80. The zero-order valence-corrected chi connectivity index (χ0v) is 15.5. The average molecular weight is 309 g/mol. The maximum absolute atomic E-state index is 7.07. The maximum Gasteiger partial charge on any atom is 0.179 e. The Morgan fingerprint density at radius 1 is 1.05 bits per heavy atom. The van der Waals surface area contributed by atoms with Gasteiger partial charge in [-0.05, 0) is 17.9 Å². The average Bonchev–Trinajstić information content (AvgIpc) is 2.63. The van der Waals surface area contributed by atoms with Crippen LogP contribution in [-0.4, -0.2) is 14.1 Å². The molecule has 1 atom stereocenters. The van der Waals surface area contributed by atoms with Crippen LogP contribution < -0.4 is 0 Å². The van der Waals surface area contributed by atoms with Crippen LogP contribution >= 0.6 is 11.1 Å². The third kappa shape index (κ3) is 2.56. The second-order valence-electron chi connectivity index (χ2n) is 8.76. The Morgan fingerprint density at radius 2 is 1.55 bits per heavy atom. The van der Waals surface area contributed by atoms with Gasteiger partial charge in [0, 0.05) is 0 Å². The van der Waals surface area contributed by atoms with Crippen LogP contribution in [-0.2, 0) is 0 Å². The highest BCUT2D eigenvalue weighted by atomic mass is 35.6. The largest absolute Gasteiger partial charge is 0.179 e. The van der Waals surface area contributed by atoms with Crippen molar-refractivity contribution >= 4 is 25.2 Å². The molecular formula is C17H30BClSi. The minimum atomic E-state index is -1.65. The fraction of sp³-hybridized carbons (Fsp3) is 0.882. The lowest BCUT2D eigenvalue weighted by Gasteiger charge is -2.43. The summed E-state index contributed by atoms with van der Waals surface area (Å²) in [7, 11) is -1.65. The van der Waals surface area contributed by atoms with Crippen molar-refractivity contribution in [3.8, 4) is 0 Å². The highest BCUT2D eigenvalue weighted by Gasteiger charge is 2.49. The van der Waals surface area contributed by atoms with Crippen molar-refractivity contribution in [2.45, 2.75) is 89.9 Å². The van der Waals surface area contributed by atoms with Gasteiger partial charge in [0.05, 0.1) is 0 Å². The monoisotopic (exact) mass is 308 g/mol. The predicted molar refractivity (Wildman–Crippen MR) is 94.3 cm³/mol. The zero-order valence-electron chi connectivity index (χ0n) is 13.8. The van der Waals surface area contributed by atoms with Crippen LogP contribution in [0, 0.1) is 5.41 Å². The van der Waals surface area contributed by atoms with Crippen molar-refractivity contribution < 1.29 is 0 Å². The number of hydrogen-bond acceptors (Lipinski definition) is 0. The van der Waals surface area contributed by atoms with E-state index in [0.717, 1.165) is 18.3 Å². The molecule has 2 bridgehead atoms. The van der Waals surface area contributed by atoms with E-state index >= 15 is 0 Å². The summed E-state index contributed by atoms with van der Waals surface area (Å²) in [5.41, 5.74) is 2.15. The van der Waals surface area contributed by atoms with E-state index in [0.29, 0.717) is 5.41 Å². The van der Waals surface area contributed by atoms with E-state index in [4.69, 9.17) is 11.1 Å². The van der Waals surface area contributed by atoms with Gasteiger partial charge >= 0.3 is 0 Å². The van der Waals surface area contributed by atoms with Crippen molar-refractivity contribution in [3.63, 3.8) is 0 Å². The Labute approximate surface area is 131 Å². The van der Waals surface area contributed by atoms with Gasteiger partial charge in [0.1, 0.15) is 0 Å². The smallest absolute Gasteiger partial charge is 0.162 e. The molecule has 2 saturated heterocycles. The standard InChI is InChI=1S/C17H30BClSi/c1-17(2,3)16-15(11-12-20(16,4)19)18-13-7-5-8-14(18)10-6-9-13/h13-14H,5-12H2,1-4H3. The van der Waals surface area contributed by atoms with E-state index in [9.17, 15) is 0 Å². The molecule has 0 radical (unpaired) electrons. The lowest BCUT2D eigenvalue weighted by molar-refractivity contribution is 0.444. The molecule has 3 aliphatic rings. The van der Waals surface area contributed by atoms with E-state index in [1.807, 2.05) is 5.47 Å². The Kier molecular flexibility index (Phi) is 3.95. The summed E-state index contributed by atoms with van der Waals surface area (Å²) in [6.07, 6.45) is 10.3. The van der Waals surface area contributed by atoms with Gasteiger partial charge in [-0.25, -0.2) is 0 Å². The van der Waals surface area contributed by atoms with Crippen LogP contribution in [0.3, 0.4) is 0 Å². The first-order chi connectivity index (χ1) is 9.31. The lowest BCUT2D eigenvalue weighted by atomic mass is 9.24. The van der Waals surface area contributed by atoms with E-state index < -0.39 is 7.38 Å². The SMILES string of the molecule is CC(C)(C)C1=C(B2C3CCCC2CCC3)CC[Si]1(C)Cl. The zero-order chi connectivity index (χ0) is 14.5. The second kappa shape index (κ2) is 5.19. The first-order valence-electron chi connectivity index (χ1n) is 8.73. The van der Waals surface area contributed by atoms with Crippen LogP contribution in [0.15, 0.2) is 10.7 Å². The maximum atomic E-state index is 7.07. The van der Waals surface area contributed by atoms with E-state index in [1.54, 1.807) is 5.20 Å². The fourth-order valence-corrected chi connectivity index (χ4v) is 10.8. The van der Waals surface area contributed by atoms with E-state index in [-0.39, 0.29) is 0 Å². The van der Waals surface area contributed by atoms with Crippen molar-refractivity contribution in [2.75, 3.05) is 0 Å². The van der Waals surface area contributed by atoms with Crippen molar-refractivity contribution in [2.24, 2.45) is 5.41 Å². The highest BCUT2D eigenvalue weighted by molar-refractivity contribution is 7.24. The summed E-state index contributed by atoms with van der Waals surface area (Å²) < 4.78 is 0. The molecule has 0 saturated carbocycles. The van der Waals surface area contributed by atoms with Crippen molar-refractivity contribution in [1.82, 2.24) is 0 Å². The van der Waals surface area contributed by atoms with Gasteiger partial charge in [-0.2, -0.15) is 11.1 Å². The third-order valence-corrected chi connectivity index (χ3v) is 10.6. The summed E-state index contributed by atoms with van der Waals surface area (Å²) in [5.74, 6) is 1.99. The van der Waals surface area contributed by atoms with Crippen molar-refractivity contribution in [1.29, 1.82) is 0 Å². The van der Waals surface area contributed by atoms with E-state index in [2.05, 4.69) is 27.3 Å². The molecule has 3 rings (SSSR count). The summed E-state index contributed by atoms with van der Waals surface area (Å²) in [6.45, 7) is 10.5. The molecule has 0 aliphatic carbocycles. The second-order valence-corrected chi connectivity index (χ2v) is 14.7. The molecule has 0 spiro atoms. The third-order valence-electron chi connectivity index (χ3n) is 6.17. The lowest BCUT2D eigenvalue weighted by Crippen LogP contribution is -2.39. The number of rotatable bonds is 1. The molecular weight excluding hydrogens is 279 g/mol. The highest BCUT2D eigenvalue weighted by Crippen LogP contribution is 2.55. The molecule has 112 valence electrons. The topological polar surface area (TPSA) is 0 Å². The number of halogens is 1. The van der Waals surface area contributed by atoms with Crippen LogP contribution in [0.5, 0.6) is 0 Å². The minimum Gasteiger partial charge on any atom is -0.162 e. The first kappa shape index (κ1) is 15.2. The van der Waals surface area contributed by atoms with Crippen LogP contribution in [0.25, 0.3) is 0 Å². The van der Waals surface area contributed by atoms with Crippen LogP contribution in [0.1, 0.15) is 65.7 Å². The molecule has 1 unspecified atom stereocenters. The number of allylic oxidation sites excluding steroid dienone is 2. The molecule has 0 aromatic heterocycles. The Balaban J connectivity index is 2.02. The molecule has 20 heavy (non-hydrogen) atoms. The molecule has 0 nitrogen and oxygen atoms in total. The van der Waals surface area contributed by atoms with Gasteiger partial charge in [-0.1, -0.05) is 82.7 Å². The van der Waals surface area contributed by atoms with Crippen LogP contribution in [0.4, 0.5) is 0 Å². The van der Waals surface area contributed by atoms with Gasteiger partial charge in [-0.15, -0.1) is 5.47 Å². The molecule has 2 fully saturated rings. The summed E-state index contributed by atoms with van der Waals surface area (Å²) in [4.78, 5) is 0. The first-order valence-corrected chi connectivity index (χ1v) is 12.5. The molecule has 3 heteroatoms. The molecule has 0 N–H and O–H groups in total. The quantitative estimate of drug-likeness (QED) is 0.398. The summed E-state index contributed by atoms with van der Waals surface area (Å²) in [6, 6.07) is 1.30. The normalized spacial score (nSPS) is 38.5. The number of fused-ring (bicyclic) bond motifs is 2. The molecule has 3 aliphatic heterocycles. The van der Waals surface area contributed by atoms with Gasteiger partial charge in [0.15, 0.2) is 14.1 Å². The molecule has 3 heterocycles. The minimum absolute atomic E-state index is 0.292. The van der Waals surface area contributed by atoms with Crippen LogP contribution in [0.2, 0.25) is 24.2 Å². The summed E-state index contributed by atoms with van der Waals surface area (Å²) >= 11 is 7.07. The van der Waals surface area contributed by atoms with Gasteiger partial charge in [-0.3, -0.25) is 0 Å². The molecule has 0 aromatic carbocycles. The number of hydrogen-bond donors (Lipinski definition) is 0. The molecule has 0 amide bonds. The van der Waals surface area contributed by atoms with Gasteiger partial charge < -0.3 is 0 Å². The van der Waals surface area contributed by atoms with Crippen molar-refractivity contribution in [3.05, 3.63) is 10.7 Å². The Hall–Kier alpha value is 0.312. The predicted octanol–water partition coefficient (Wildman–Crippen LogP) is 6.23.